The van der Waals surface area contributed by atoms with E-state index in [1.54, 1.807) is 0 Å². The van der Waals surface area contributed by atoms with Crippen LogP contribution in [0.4, 0.5) is 13.2 Å². The molecule has 1 heterocycles. The predicted molar refractivity (Wildman–Crippen MR) is 56.1 cm³/mol. The van der Waals surface area contributed by atoms with Crippen molar-refractivity contribution in [2.75, 3.05) is 0 Å². The van der Waals surface area contributed by atoms with Gasteiger partial charge in [-0.25, -0.2) is 0 Å². The van der Waals surface area contributed by atoms with Gasteiger partial charge in [0.1, 0.15) is 5.75 Å². The quantitative estimate of drug-likeness (QED) is 0.802. The van der Waals surface area contributed by atoms with Gasteiger partial charge in [-0.05, 0) is 34.1 Å². The molecule has 0 aliphatic rings. The number of pyridine rings is 1. The molecule has 2 nitrogen and oxygen atoms in total. The molecule has 0 aliphatic heterocycles. The zero-order valence-corrected chi connectivity index (χ0v) is 9.30. The first kappa shape index (κ1) is 11.2. The van der Waals surface area contributed by atoms with Crippen LogP contribution >= 0.6 is 15.9 Å². The molecule has 1 aromatic heterocycles. The van der Waals surface area contributed by atoms with Crippen molar-refractivity contribution in [3.05, 3.63) is 34.4 Å². The number of aromatic hydroxyl groups is 1. The van der Waals surface area contributed by atoms with E-state index in [9.17, 15) is 18.3 Å². The van der Waals surface area contributed by atoms with Crippen LogP contribution in [-0.4, -0.2) is 10.1 Å². The number of rotatable bonds is 0. The molecule has 0 spiro atoms. The Hall–Kier alpha value is -1.30. The lowest BCUT2D eigenvalue weighted by atomic mass is 10.1. The van der Waals surface area contributed by atoms with Gasteiger partial charge in [0.2, 0.25) is 0 Å². The van der Waals surface area contributed by atoms with Crippen molar-refractivity contribution in [3.8, 4) is 5.75 Å². The van der Waals surface area contributed by atoms with Crippen molar-refractivity contribution >= 4 is 26.8 Å². The Labute approximate surface area is 96.9 Å². The molecular weight excluding hydrogens is 287 g/mol. The van der Waals surface area contributed by atoms with Gasteiger partial charge in [0.05, 0.1) is 11.1 Å². The Bertz CT molecular complexity index is 548. The smallest absolute Gasteiger partial charge is 0.418 e. The molecule has 84 valence electrons. The third kappa shape index (κ3) is 1.97. The molecule has 1 aromatic carbocycles. The monoisotopic (exact) mass is 291 g/mol. The van der Waals surface area contributed by atoms with Gasteiger partial charge in [-0.2, -0.15) is 13.2 Å². The predicted octanol–water partition coefficient (Wildman–Crippen LogP) is 3.72. The summed E-state index contributed by atoms with van der Waals surface area (Å²) in [5.74, 6) is -0.431. The van der Waals surface area contributed by atoms with E-state index >= 15 is 0 Å². The summed E-state index contributed by atoms with van der Waals surface area (Å²) < 4.78 is 38.5. The molecule has 1 N–H and O–H groups in total. The van der Waals surface area contributed by atoms with Crippen molar-refractivity contribution in [2.24, 2.45) is 0 Å². The van der Waals surface area contributed by atoms with Crippen molar-refractivity contribution in [1.29, 1.82) is 0 Å². The lowest BCUT2D eigenvalue weighted by Gasteiger charge is -2.10. The molecule has 0 saturated heterocycles. The number of hydrogen-bond acceptors (Lipinski definition) is 2. The van der Waals surface area contributed by atoms with Crippen LogP contribution in [0.2, 0.25) is 0 Å². The van der Waals surface area contributed by atoms with Crippen LogP contribution < -0.4 is 0 Å². The Morgan fingerprint density at radius 3 is 2.50 bits per heavy atom. The summed E-state index contributed by atoms with van der Waals surface area (Å²) in [7, 11) is 0. The fourth-order valence-electron chi connectivity index (χ4n) is 1.42. The van der Waals surface area contributed by atoms with Gasteiger partial charge < -0.3 is 5.11 Å². The number of phenols is 1. The molecule has 0 unspecified atom stereocenters. The fourth-order valence-corrected chi connectivity index (χ4v) is 1.77. The molecule has 0 fully saturated rings. The van der Waals surface area contributed by atoms with Crippen molar-refractivity contribution < 1.29 is 18.3 Å². The van der Waals surface area contributed by atoms with E-state index in [1.165, 1.54) is 18.3 Å². The number of alkyl halides is 3. The van der Waals surface area contributed by atoms with E-state index in [-0.39, 0.29) is 10.9 Å². The van der Waals surface area contributed by atoms with Crippen LogP contribution in [0, 0.1) is 0 Å². The summed E-state index contributed by atoms with van der Waals surface area (Å²) in [6, 6.07) is 3.38. The summed E-state index contributed by atoms with van der Waals surface area (Å²) >= 11 is 3.11. The first-order chi connectivity index (χ1) is 7.38. The number of halogens is 4. The minimum atomic E-state index is -4.53. The number of hydrogen-bond donors (Lipinski definition) is 1. The highest BCUT2D eigenvalue weighted by Crippen LogP contribution is 2.36. The Balaban J connectivity index is 2.83. The van der Waals surface area contributed by atoms with Gasteiger partial charge in [0.15, 0.2) is 0 Å². The van der Waals surface area contributed by atoms with Crippen molar-refractivity contribution in [2.45, 2.75) is 6.18 Å². The molecule has 0 radical (unpaired) electrons. The second kappa shape index (κ2) is 3.62. The van der Waals surface area contributed by atoms with E-state index < -0.39 is 17.5 Å². The second-order valence-corrected chi connectivity index (χ2v) is 4.13. The van der Waals surface area contributed by atoms with Gasteiger partial charge in [-0.3, -0.25) is 4.98 Å². The topological polar surface area (TPSA) is 33.1 Å². The Kier molecular flexibility index (Phi) is 2.53. The standard InChI is InChI=1S/C10H5BrF3NO/c11-6-1-5-2-7(16)3-8(10(12,13)14)9(5)15-4-6/h1-4,16H. The molecule has 6 heteroatoms. The maximum Gasteiger partial charge on any atom is 0.418 e. The average Bonchev–Trinajstić information content (AvgIpc) is 2.14. The van der Waals surface area contributed by atoms with Gasteiger partial charge in [-0.1, -0.05) is 0 Å². The lowest BCUT2D eigenvalue weighted by Crippen LogP contribution is -2.06. The minimum Gasteiger partial charge on any atom is -0.508 e. The third-order valence-corrected chi connectivity index (χ3v) is 2.47. The van der Waals surface area contributed by atoms with Crippen LogP contribution in [-0.2, 0) is 6.18 Å². The molecule has 0 atom stereocenters. The highest BCUT2D eigenvalue weighted by molar-refractivity contribution is 9.10. The number of nitrogens with zero attached hydrogens (tertiary/aromatic N) is 1. The average molecular weight is 292 g/mol. The van der Waals surface area contributed by atoms with E-state index in [0.717, 1.165) is 0 Å². The summed E-state index contributed by atoms with van der Waals surface area (Å²) in [6.45, 7) is 0. The third-order valence-electron chi connectivity index (χ3n) is 2.04. The molecule has 0 aliphatic carbocycles. The zero-order chi connectivity index (χ0) is 11.9. The van der Waals surface area contributed by atoms with Gasteiger partial charge in [0.25, 0.3) is 0 Å². The molecule has 16 heavy (non-hydrogen) atoms. The molecule has 0 bridgehead atoms. The minimum absolute atomic E-state index is 0.173. The van der Waals surface area contributed by atoms with Crippen LogP contribution in [0.3, 0.4) is 0 Å². The van der Waals surface area contributed by atoms with Crippen LogP contribution in [0.1, 0.15) is 5.56 Å². The van der Waals surface area contributed by atoms with Gasteiger partial charge >= 0.3 is 6.18 Å². The number of aromatic nitrogens is 1. The van der Waals surface area contributed by atoms with Crippen LogP contribution in [0.5, 0.6) is 5.75 Å². The Morgan fingerprint density at radius 2 is 1.88 bits per heavy atom. The second-order valence-electron chi connectivity index (χ2n) is 3.22. The Morgan fingerprint density at radius 1 is 1.19 bits per heavy atom. The summed E-state index contributed by atoms with van der Waals surface area (Å²) in [5.41, 5.74) is -1.11. The van der Waals surface area contributed by atoms with E-state index in [0.29, 0.717) is 10.5 Å². The first-order valence-corrected chi connectivity index (χ1v) is 5.03. The lowest BCUT2D eigenvalue weighted by molar-refractivity contribution is -0.136. The molecule has 0 amide bonds. The highest BCUT2D eigenvalue weighted by atomic mass is 79.9. The molecule has 2 aromatic rings. The molecular formula is C10H5BrF3NO. The summed E-state index contributed by atoms with van der Waals surface area (Å²) in [6.07, 6.45) is -3.24. The zero-order valence-electron chi connectivity index (χ0n) is 7.72. The normalized spacial score (nSPS) is 12.0. The van der Waals surface area contributed by atoms with Crippen molar-refractivity contribution in [1.82, 2.24) is 4.98 Å². The van der Waals surface area contributed by atoms with E-state index in [4.69, 9.17) is 0 Å². The van der Waals surface area contributed by atoms with E-state index in [1.807, 2.05) is 0 Å². The van der Waals surface area contributed by atoms with Gasteiger partial charge in [-0.15, -0.1) is 0 Å². The number of phenolic OH excluding ortho intramolecular Hbond substituents is 1. The largest absolute Gasteiger partial charge is 0.508 e. The highest BCUT2D eigenvalue weighted by Gasteiger charge is 2.33. The molecule has 0 saturated carbocycles. The summed E-state index contributed by atoms with van der Waals surface area (Å²) in [4.78, 5) is 3.71. The van der Waals surface area contributed by atoms with E-state index in [2.05, 4.69) is 20.9 Å². The first-order valence-electron chi connectivity index (χ1n) is 4.23. The number of fused-ring (bicyclic) bond motifs is 1. The van der Waals surface area contributed by atoms with Gasteiger partial charge in [0, 0.05) is 16.1 Å². The maximum atomic E-state index is 12.6. The summed E-state index contributed by atoms with van der Waals surface area (Å²) in [5, 5.41) is 9.46. The molecule has 2 rings (SSSR count). The SMILES string of the molecule is Oc1cc(C(F)(F)F)c2ncc(Br)cc2c1. The van der Waals surface area contributed by atoms with Crippen LogP contribution in [0.25, 0.3) is 10.9 Å². The fraction of sp³-hybridized carbons (Fsp3) is 0.100. The van der Waals surface area contributed by atoms with Crippen LogP contribution in [0.15, 0.2) is 28.9 Å². The van der Waals surface area contributed by atoms with Crippen molar-refractivity contribution in [3.63, 3.8) is 0 Å². The maximum absolute atomic E-state index is 12.6. The number of benzene rings is 1.